The van der Waals surface area contributed by atoms with E-state index in [0.717, 1.165) is 31.8 Å². The number of rotatable bonds is 4. The van der Waals surface area contributed by atoms with Crippen molar-refractivity contribution in [3.63, 3.8) is 0 Å². The topological polar surface area (TPSA) is 82.6 Å². The summed E-state index contributed by atoms with van der Waals surface area (Å²) in [5.41, 5.74) is 0. The van der Waals surface area contributed by atoms with Crippen LogP contribution < -0.4 is 10.2 Å². The quantitative estimate of drug-likeness (QED) is 0.902. The second kappa shape index (κ2) is 6.26. The second-order valence-electron chi connectivity index (χ2n) is 5.12. The Morgan fingerprint density at radius 2 is 2.05 bits per heavy atom. The Kier molecular flexibility index (Phi) is 4.19. The van der Waals surface area contributed by atoms with Gasteiger partial charge in [-0.2, -0.15) is 15.0 Å². The summed E-state index contributed by atoms with van der Waals surface area (Å²) in [7, 11) is 0. The molecule has 7 nitrogen and oxygen atoms in total. The zero-order chi connectivity index (χ0) is 14.7. The normalized spacial score (nSPS) is 16.8. The lowest BCUT2D eigenvalue weighted by Crippen LogP contribution is -2.31. The van der Waals surface area contributed by atoms with Gasteiger partial charge in [0.1, 0.15) is 5.82 Å². The highest BCUT2D eigenvalue weighted by Crippen LogP contribution is 2.20. The van der Waals surface area contributed by atoms with Crippen molar-refractivity contribution in [2.24, 2.45) is 0 Å². The molecular weight excluding hydrogens is 290 g/mol. The molecule has 1 unspecified atom stereocenters. The van der Waals surface area contributed by atoms with Gasteiger partial charge in [-0.3, -0.25) is 0 Å². The number of nitrogens with zero attached hydrogens (tertiary/aromatic N) is 5. The van der Waals surface area contributed by atoms with Crippen LogP contribution in [0.5, 0.6) is 0 Å². The third-order valence-electron chi connectivity index (χ3n) is 3.51. The fraction of sp³-hybridized carbons (Fsp3) is 0.538. The van der Waals surface area contributed by atoms with E-state index >= 15 is 0 Å². The van der Waals surface area contributed by atoms with Crippen molar-refractivity contribution in [1.82, 2.24) is 24.9 Å². The first kappa shape index (κ1) is 14.1. The average molecular weight is 308 g/mol. The number of halogens is 1. The summed E-state index contributed by atoms with van der Waals surface area (Å²) >= 11 is 6.03. The molecule has 0 spiro atoms. The molecular formula is C13H18ClN7. The summed E-state index contributed by atoms with van der Waals surface area (Å²) in [5.74, 6) is 1.94. The predicted octanol–water partition coefficient (Wildman–Crippen LogP) is 2.41. The average Bonchev–Trinajstić information content (AvgIpc) is 3.02. The zero-order valence-electron chi connectivity index (χ0n) is 11.9. The molecule has 112 valence electrons. The molecule has 0 saturated carbocycles. The molecule has 1 fully saturated rings. The number of anilines is 2. The Hall–Kier alpha value is -1.89. The lowest BCUT2D eigenvalue weighted by Gasteiger charge is -2.26. The number of piperidine rings is 1. The van der Waals surface area contributed by atoms with Crippen LogP contribution in [0.3, 0.4) is 0 Å². The number of aromatic amines is 1. The van der Waals surface area contributed by atoms with Crippen LogP contribution in [-0.4, -0.2) is 38.0 Å². The van der Waals surface area contributed by atoms with Crippen LogP contribution in [0.2, 0.25) is 5.28 Å². The molecule has 1 aliphatic heterocycles. The van der Waals surface area contributed by atoms with Crippen molar-refractivity contribution in [1.29, 1.82) is 0 Å². The van der Waals surface area contributed by atoms with Crippen molar-refractivity contribution >= 4 is 23.5 Å². The zero-order valence-corrected chi connectivity index (χ0v) is 12.6. The van der Waals surface area contributed by atoms with Crippen molar-refractivity contribution in [3.8, 4) is 0 Å². The summed E-state index contributed by atoms with van der Waals surface area (Å²) in [6.07, 6.45) is 7.08. The van der Waals surface area contributed by atoms with Crippen LogP contribution in [-0.2, 0) is 0 Å². The monoisotopic (exact) mass is 307 g/mol. The summed E-state index contributed by atoms with van der Waals surface area (Å²) < 4.78 is 0. The standard InChI is InChI=1S/C13H18ClN7/c1-9(10-15-5-6-16-10)17-12-18-11(14)19-13(20-12)21-7-3-2-4-8-21/h5-6,9H,2-4,7-8H2,1H3,(H,15,16)(H,17,18,19,20). The van der Waals surface area contributed by atoms with E-state index in [9.17, 15) is 0 Å². The maximum atomic E-state index is 6.03. The largest absolute Gasteiger partial charge is 0.347 e. The summed E-state index contributed by atoms with van der Waals surface area (Å²) in [4.78, 5) is 22.3. The van der Waals surface area contributed by atoms with Gasteiger partial charge in [0.15, 0.2) is 0 Å². The fourth-order valence-corrected chi connectivity index (χ4v) is 2.57. The lowest BCUT2D eigenvalue weighted by molar-refractivity contribution is 0.567. The van der Waals surface area contributed by atoms with E-state index in [2.05, 4.69) is 35.1 Å². The van der Waals surface area contributed by atoms with Gasteiger partial charge in [-0.05, 0) is 37.8 Å². The summed E-state index contributed by atoms with van der Waals surface area (Å²) in [5, 5.41) is 3.41. The Morgan fingerprint density at radius 1 is 1.24 bits per heavy atom. The highest BCUT2D eigenvalue weighted by atomic mass is 35.5. The molecule has 1 atom stereocenters. The van der Waals surface area contributed by atoms with Gasteiger partial charge in [-0.1, -0.05) is 0 Å². The first-order valence-electron chi connectivity index (χ1n) is 7.15. The molecule has 0 radical (unpaired) electrons. The van der Waals surface area contributed by atoms with Crippen LogP contribution in [0.4, 0.5) is 11.9 Å². The van der Waals surface area contributed by atoms with E-state index in [4.69, 9.17) is 11.6 Å². The Morgan fingerprint density at radius 3 is 2.76 bits per heavy atom. The van der Waals surface area contributed by atoms with E-state index in [-0.39, 0.29) is 11.3 Å². The molecule has 1 saturated heterocycles. The van der Waals surface area contributed by atoms with Crippen LogP contribution in [0.15, 0.2) is 12.4 Å². The molecule has 1 aliphatic rings. The van der Waals surface area contributed by atoms with Crippen LogP contribution in [0, 0.1) is 0 Å². The van der Waals surface area contributed by atoms with Gasteiger partial charge in [0.25, 0.3) is 0 Å². The highest BCUT2D eigenvalue weighted by Gasteiger charge is 2.17. The summed E-state index contributed by atoms with van der Waals surface area (Å²) in [6.45, 7) is 3.91. The van der Waals surface area contributed by atoms with Gasteiger partial charge < -0.3 is 15.2 Å². The number of H-pyrrole nitrogens is 1. The minimum Gasteiger partial charge on any atom is -0.347 e. The summed E-state index contributed by atoms with van der Waals surface area (Å²) in [6, 6.07) is -0.0346. The minimum atomic E-state index is -0.0346. The molecule has 0 bridgehead atoms. The van der Waals surface area contributed by atoms with Crippen molar-refractivity contribution in [3.05, 3.63) is 23.5 Å². The molecule has 3 rings (SSSR count). The highest BCUT2D eigenvalue weighted by molar-refractivity contribution is 6.28. The number of nitrogens with one attached hydrogen (secondary N) is 2. The fourth-order valence-electron chi connectivity index (χ4n) is 2.42. The van der Waals surface area contributed by atoms with Gasteiger partial charge >= 0.3 is 0 Å². The molecule has 2 N–H and O–H groups in total. The number of imidazole rings is 1. The lowest BCUT2D eigenvalue weighted by atomic mass is 10.1. The molecule has 0 aromatic carbocycles. The van der Waals surface area contributed by atoms with Crippen molar-refractivity contribution in [2.45, 2.75) is 32.2 Å². The SMILES string of the molecule is CC(Nc1nc(Cl)nc(N2CCCCC2)n1)c1ncc[nH]1. The maximum absolute atomic E-state index is 6.03. The maximum Gasteiger partial charge on any atom is 0.231 e. The molecule has 3 heterocycles. The van der Waals surface area contributed by atoms with Gasteiger partial charge in [0, 0.05) is 25.5 Å². The van der Waals surface area contributed by atoms with Crippen molar-refractivity contribution < 1.29 is 0 Å². The molecule has 8 heteroatoms. The van der Waals surface area contributed by atoms with E-state index in [1.807, 2.05) is 6.92 Å². The third-order valence-corrected chi connectivity index (χ3v) is 3.68. The van der Waals surface area contributed by atoms with Gasteiger partial charge in [0.2, 0.25) is 17.2 Å². The van der Waals surface area contributed by atoms with Gasteiger partial charge in [-0.25, -0.2) is 4.98 Å². The first-order chi connectivity index (χ1) is 10.2. The third kappa shape index (κ3) is 3.41. The Bertz CT molecular complexity index is 580. The smallest absolute Gasteiger partial charge is 0.231 e. The number of aromatic nitrogens is 5. The predicted molar refractivity (Wildman–Crippen MR) is 81.5 cm³/mol. The molecule has 0 aliphatic carbocycles. The van der Waals surface area contributed by atoms with E-state index in [1.165, 1.54) is 6.42 Å². The van der Waals surface area contributed by atoms with E-state index in [0.29, 0.717) is 11.9 Å². The number of hydrogen-bond donors (Lipinski definition) is 2. The van der Waals surface area contributed by atoms with Gasteiger partial charge in [0.05, 0.1) is 6.04 Å². The molecule has 2 aromatic heterocycles. The molecule has 2 aromatic rings. The molecule has 21 heavy (non-hydrogen) atoms. The second-order valence-corrected chi connectivity index (χ2v) is 5.45. The van der Waals surface area contributed by atoms with Crippen molar-refractivity contribution in [2.75, 3.05) is 23.3 Å². The van der Waals surface area contributed by atoms with E-state index < -0.39 is 0 Å². The van der Waals surface area contributed by atoms with Crippen LogP contribution in [0.1, 0.15) is 38.1 Å². The Balaban J connectivity index is 1.77. The Labute approximate surface area is 128 Å². The van der Waals surface area contributed by atoms with Gasteiger partial charge in [-0.15, -0.1) is 0 Å². The first-order valence-corrected chi connectivity index (χ1v) is 7.52. The number of hydrogen-bond acceptors (Lipinski definition) is 6. The van der Waals surface area contributed by atoms with E-state index in [1.54, 1.807) is 12.4 Å². The molecule has 0 amide bonds. The van der Waals surface area contributed by atoms with Crippen LogP contribution in [0.25, 0.3) is 0 Å². The minimum absolute atomic E-state index is 0.0346. The van der Waals surface area contributed by atoms with Crippen LogP contribution >= 0.6 is 11.6 Å².